The third-order valence-corrected chi connectivity index (χ3v) is 15.2. The van der Waals surface area contributed by atoms with Crippen LogP contribution in [0.5, 0.6) is 0 Å². The Morgan fingerprint density at radius 1 is 0.882 bits per heavy atom. The van der Waals surface area contributed by atoms with Crippen LogP contribution in [0, 0.1) is 28.6 Å². The van der Waals surface area contributed by atoms with E-state index >= 15 is 4.39 Å². The molecule has 68 heavy (non-hydrogen) atoms. The van der Waals surface area contributed by atoms with Crippen molar-refractivity contribution in [1.82, 2.24) is 24.7 Å². The average Bonchev–Trinajstić information content (AvgIpc) is 3.80. The lowest BCUT2D eigenvalue weighted by atomic mass is 9.71. The molecular formula is C50H45F4N9O5. The van der Waals surface area contributed by atoms with Crippen LogP contribution in [0.1, 0.15) is 77.1 Å². The van der Waals surface area contributed by atoms with Crippen LogP contribution in [0.25, 0.3) is 22.0 Å². The number of fused-ring (bicyclic) bond motifs is 4. The van der Waals surface area contributed by atoms with Crippen LogP contribution >= 0.6 is 0 Å². The maximum atomic E-state index is 15.8. The number of imide groups is 2. The Balaban J connectivity index is 0.689. The van der Waals surface area contributed by atoms with Crippen molar-refractivity contribution in [3.05, 3.63) is 101 Å². The number of alkyl halides is 3. The minimum absolute atomic E-state index is 0.0182. The van der Waals surface area contributed by atoms with Crippen LogP contribution in [0.2, 0.25) is 0 Å². The van der Waals surface area contributed by atoms with Gasteiger partial charge in [-0.3, -0.25) is 39.1 Å². The van der Waals surface area contributed by atoms with E-state index in [1.54, 1.807) is 61.9 Å². The van der Waals surface area contributed by atoms with E-state index in [2.05, 4.69) is 25.0 Å². The zero-order chi connectivity index (χ0) is 47.8. The molecule has 3 aromatic carbocycles. The lowest BCUT2D eigenvalue weighted by molar-refractivity contribution is -0.138. The molecule has 14 nitrogen and oxygen atoms in total. The fourth-order valence-electron chi connectivity index (χ4n) is 11.3. The Bertz CT molecular complexity index is 3100. The summed E-state index contributed by atoms with van der Waals surface area (Å²) in [4.78, 5) is 78.5. The second kappa shape index (κ2) is 15.2. The molecule has 4 fully saturated rings. The van der Waals surface area contributed by atoms with Crippen molar-refractivity contribution in [2.45, 2.75) is 57.2 Å². The van der Waals surface area contributed by atoms with E-state index in [1.807, 2.05) is 18.2 Å². The molecule has 4 saturated heterocycles. The number of nitrogens with one attached hydrogen (secondary N) is 1. The maximum absolute atomic E-state index is 15.8. The van der Waals surface area contributed by atoms with Gasteiger partial charge in [0.2, 0.25) is 23.7 Å². The molecule has 1 spiro atoms. The number of piperidine rings is 2. The number of nitriles is 1. The third-order valence-electron chi connectivity index (χ3n) is 15.2. The number of carbonyl (C=O) groups is 5. The highest BCUT2D eigenvalue weighted by Gasteiger charge is 2.50. The zero-order valence-corrected chi connectivity index (χ0v) is 37.4. The number of hydrogen-bond acceptors (Lipinski definition) is 10. The van der Waals surface area contributed by atoms with Crippen LogP contribution in [-0.4, -0.2) is 101 Å². The Morgan fingerprint density at radius 2 is 1.62 bits per heavy atom. The summed E-state index contributed by atoms with van der Waals surface area (Å²) in [6.45, 7) is 9.55. The predicted molar refractivity (Wildman–Crippen MR) is 242 cm³/mol. The van der Waals surface area contributed by atoms with Crippen molar-refractivity contribution < 1.29 is 41.5 Å². The van der Waals surface area contributed by atoms with E-state index in [4.69, 9.17) is 0 Å². The van der Waals surface area contributed by atoms with Gasteiger partial charge in [-0.05, 0) is 118 Å². The van der Waals surface area contributed by atoms with E-state index in [0.717, 1.165) is 86.9 Å². The van der Waals surface area contributed by atoms with Gasteiger partial charge in [0.25, 0.3) is 11.8 Å². The Kier molecular flexibility index (Phi) is 9.70. The van der Waals surface area contributed by atoms with Crippen LogP contribution in [0.4, 0.5) is 40.4 Å². The van der Waals surface area contributed by atoms with E-state index < -0.39 is 64.2 Å². The standard InChI is InChI=1S/C50H45F4N9O5/c1-48(2)35-18-28(5-10-36(35)62(47(48)68)31-6-4-29(21-55)34(19-31)50(52,53)54)32-9-12-39(56-43(32)51)60-23-27(24-60)22-59-16-14-49(15-17-59)25-61(26-49)30-7-8-33-38(20-30)58(3)42-41(33)45(66)63(46(42)67)37-11-13-40(64)57-44(37)65/h4-10,12,18-20,27,37H,11,13-17,22-26H2,1-3H3,(H,57,64,65). The topological polar surface area (TPSA) is 155 Å². The number of aromatic nitrogens is 2. The van der Waals surface area contributed by atoms with E-state index in [9.17, 15) is 42.4 Å². The van der Waals surface area contributed by atoms with Gasteiger partial charge in [-0.2, -0.15) is 22.8 Å². The van der Waals surface area contributed by atoms with Gasteiger partial charge < -0.3 is 19.3 Å². The number of aryl methyl sites for hydroxylation is 1. The van der Waals surface area contributed by atoms with Gasteiger partial charge in [0, 0.05) is 79.8 Å². The monoisotopic (exact) mass is 927 g/mol. The van der Waals surface area contributed by atoms with Crippen molar-refractivity contribution in [3.8, 4) is 17.2 Å². The Labute approximate surface area is 387 Å². The highest BCUT2D eigenvalue weighted by molar-refractivity contribution is 6.28. The van der Waals surface area contributed by atoms with Crippen LogP contribution < -0.4 is 20.0 Å². The number of carbonyl (C=O) groups excluding carboxylic acids is 5. The summed E-state index contributed by atoms with van der Waals surface area (Å²) < 4.78 is 59.0. The second-order valence-electron chi connectivity index (χ2n) is 19.7. The normalized spacial score (nSPS) is 21.3. The number of nitrogens with zero attached hydrogens (tertiary/aromatic N) is 8. The van der Waals surface area contributed by atoms with Crippen LogP contribution in [0.3, 0.4) is 0 Å². The number of hydrogen-bond donors (Lipinski definition) is 1. The third kappa shape index (κ3) is 6.67. The van der Waals surface area contributed by atoms with E-state index in [-0.39, 0.29) is 35.2 Å². The molecule has 0 bridgehead atoms. The quantitative estimate of drug-likeness (QED) is 0.106. The summed E-state index contributed by atoms with van der Waals surface area (Å²) in [6, 6.07) is 18.0. The Hall–Kier alpha value is -7.13. The minimum atomic E-state index is -4.79. The fraction of sp³-hybridized carbons (Fsp3) is 0.380. The van der Waals surface area contributed by atoms with Gasteiger partial charge in [-0.1, -0.05) is 6.07 Å². The lowest BCUT2D eigenvalue weighted by Gasteiger charge is -2.55. The lowest BCUT2D eigenvalue weighted by Crippen LogP contribution is -2.61. The highest BCUT2D eigenvalue weighted by Crippen LogP contribution is 2.49. The first-order valence-corrected chi connectivity index (χ1v) is 22.7. The van der Waals surface area contributed by atoms with Crippen molar-refractivity contribution in [2.24, 2.45) is 18.4 Å². The summed E-state index contributed by atoms with van der Waals surface area (Å²) in [6.07, 6.45) is -2.50. The fourth-order valence-corrected chi connectivity index (χ4v) is 11.3. The van der Waals surface area contributed by atoms with Crippen molar-refractivity contribution in [1.29, 1.82) is 5.26 Å². The first-order chi connectivity index (χ1) is 32.4. The largest absolute Gasteiger partial charge is 0.417 e. The summed E-state index contributed by atoms with van der Waals surface area (Å²) in [5.41, 5.74) is 1.35. The number of rotatable bonds is 7. The van der Waals surface area contributed by atoms with Crippen molar-refractivity contribution in [3.63, 3.8) is 0 Å². The SMILES string of the molecule is Cn1c2c(c3ccc(N4CC5(CCN(CC6CN(c7ccc(-c8ccc9c(c8)C(C)(C)C(=O)N9c8ccc(C#N)c(C(F)(F)F)c8)c(F)n7)C6)CC5)C4)cc31)C(=O)N(C1CCC(=O)NC1=O)C2=O. The number of halogens is 4. The van der Waals surface area contributed by atoms with Gasteiger partial charge in [0.1, 0.15) is 17.6 Å². The Morgan fingerprint density at radius 3 is 2.31 bits per heavy atom. The molecule has 6 aliphatic heterocycles. The molecule has 18 heteroatoms. The first kappa shape index (κ1) is 43.4. The maximum Gasteiger partial charge on any atom is 0.417 e. The molecule has 1 N–H and O–H groups in total. The van der Waals surface area contributed by atoms with Gasteiger partial charge in [0.05, 0.1) is 39.4 Å². The average molecular weight is 928 g/mol. The van der Waals surface area contributed by atoms with E-state index in [0.29, 0.717) is 39.5 Å². The number of benzene rings is 3. The second-order valence-corrected chi connectivity index (χ2v) is 19.7. The molecule has 5 amide bonds. The molecular weight excluding hydrogens is 883 g/mol. The number of amides is 5. The van der Waals surface area contributed by atoms with Crippen molar-refractivity contribution >= 4 is 63.3 Å². The van der Waals surface area contributed by atoms with Crippen molar-refractivity contribution in [2.75, 3.05) is 60.5 Å². The van der Waals surface area contributed by atoms with Gasteiger partial charge in [0.15, 0.2) is 0 Å². The molecule has 0 radical (unpaired) electrons. The molecule has 6 aliphatic rings. The highest BCUT2D eigenvalue weighted by atomic mass is 19.4. The predicted octanol–water partition coefficient (Wildman–Crippen LogP) is 6.67. The molecule has 2 aromatic heterocycles. The van der Waals surface area contributed by atoms with Gasteiger partial charge in [-0.15, -0.1) is 0 Å². The number of anilines is 4. The molecule has 1 atom stereocenters. The summed E-state index contributed by atoms with van der Waals surface area (Å²) in [5, 5.41) is 12.2. The molecule has 5 aromatic rings. The smallest absolute Gasteiger partial charge is 0.370 e. The van der Waals surface area contributed by atoms with E-state index in [1.165, 1.54) is 11.0 Å². The van der Waals surface area contributed by atoms with Gasteiger partial charge in [-0.25, -0.2) is 4.98 Å². The molecule has 348 valence electrons. The molecule has 11 rings (SSSR count). The summed E-state index contributed by atoms with van der Waals surface area (Å²) in [5.74, 6) is -2.27. The molecule has 0 saturated carbocycles. The zero-order valence-electron chi connectivity index (χ0n) is 37.4. The molecule has 1 unspecified atom stereocenters. The van der Waals surface area contributed by atoms with Gasteiger partial charge >= 0.3 is 6.18 Å². The number of likely N-dealkylation sites (tertiary alicyclic amines) is 1. The first-order valence-electron chi connectivity index (χ1n) is 22.7. The summed E-state index contributed by atoms with van der Waals surface area (Å²) in [7, 11) is 1.76. The van der Waals surface area contributed by atoms with Crippen LogP contribution in [0.15, 0.2) is 66.7 Å². The minimum Gasteiger partial charge on any atom is -0.370 e. The van der Waals surface area contributed by atoms with Crippen LogP contribution in [-0.2, 0) is 33.0 Å². The summed E-state index contributed by atoms with van der Waals surface area (Å²) >= 11 is 0. The molecule has 8 heterocycles. The number of pyridine rings is 1. The molecule has 0 aliphatic carbocycles.